The van der Waals surface area contributed by atoms with Crippen LogP contribution in [0.3, 0.4) is 0 Å². The van der Waals surface area contributed by atoms with E-state index in [4.69, 9.17) is 17.2 Å². The number of carbonyl (C=O) groups excluding carboxylic acids is 4. The summed E-state index contributed by atoms with van der Waals surface area (Å²) < 4.78 is 0. The van der Waals surface area contributed by atoms with Gasteiger partial charge in [0.05, 0.1) is 0 Å². The number of hydrogen-bond acceptors (Lipinski definition) is 6. The van der Waals surface area contributed by atoms with Crippen molar-refractivity contribution in [2.24, 2.45) is 17.2 Å². The summed E-state index contributed by atoms with van der Waals surface area (Å²) >= 11 is 0. The van der Waals surface area contributed by atoms with Gasteiger partial charge < -0.3 is 33.2 Å². The third kappa shape index (κ3) is 27.8. The second-order valence-electron chi connectivity index (χ2n) is 12.6. The largest absolute Gasteiger partial charge is 0.368 e. The fraction of sp³-hybridized carbons (Fsp3) is 0.833. The summed E-state index contributed by atoms with van der Waals surface area (Å²) in [4.78, 5) is 49.0. The Hall–Kier alpha value is -2.46. The van der Waals surface area contributed by atoms with Gasteiger partial charge in [0.25, 0.3) is 0 Å². The second kappa shape index (κ2) is 32.5. The van der Waals surface area contributed by atoms with Crippen LogP contribution in [0.4, 0.5) is 0 Å². The quantitative estimate of drug-likeness (QED) is 0.0407. The number of carbonyl (C=O) groups is 4. The van der Waals surface area contributed by atoms with E-state index in [9.17, 15) is 19.2 Å². The number of unbranched alkanes of at least 4 members (excludes halogenated alkanes) is 15. The molecular weight excluding hydrogens is 580 g/mol. The molecule has 2 unspecified atom stereocenters. The molecule has 0 fully saturated rings. The molecule has 0 aliphatic rings. The molecular formula is C36H70N6O4. The summed E-state index contributed by atoms with van der Waals surface area (Å²) in [7, 11) is 0. The summed E-state index contributed by atoms with van der Waals surface area (Å²) in [6.45, 7) is 3.92. The first-order chi connectivity index (χ1) is 22.3. The Morgan fingerprint density at radius 2 is 1.02 bits per heavy atom. The van der Waals surface area contributed by atoms with Gasteiger partial charge in [-0.15, -0.1) is 0 Å². The highest BCUT2D eigenvalue weighted by Crippen LogP contribution is 2.12. The Morgan fingerprint density at radius 3 is 1.52 bits per heavy atom. The Labute approximate surface area is 280 Å². The third-order valence-electron chi connectivity index (χ3n) is 8.28. The van der Waals surface area contributed by atoms with Crippen LogP contribution in [0, 0.1) is 0 Å². The van der Waals surface area contributed by atoms with E-state index in [1.165, 1.54) is 12.8 Å². The predicted molar refractivity (Wildman–Crippen MR) is 190 cm³/mol. The topological polar surface area (TPSA) is 182 Å². The molecule has 46 heavy (non-hydrogen) atoms. The van der Waals surface area contributed by atoms with Crippen LogP contribution in [0.5, 0.6) is 0 Å². The van der Waals surface area contributed by atoms with E-state index in [0.29, 0.717) is 45.3 Å². The molecule has 9 N–H and O–H groups in total. The van der Waals surface area contributed by atoms with Crippen LogP contribution in [0.2, 0.25) is 0 Å². The number of nitrogens with one attached hydrogen (secondary N) is 3. The van der Waals surface area contributed by atoms with Crippen molar-refractivity contribution in [3.8, 4) is 0 Å². The minimum atomic E-state index is -0.603. The zero-order valence-corrected chi connectivity index (χ0v) is 29.3. The van der Waals surface area contributed by atoms with Gasteiger partial charge in [0.2, 0.25) is 23.6 Å². The summed E-state index contributed by atoms with van der Waals surface area (Å²) in [5.74, 6) is -0.721. The fourth-order valence-corrected chi connectivity index (χ4v) is 5.42. The molecule has 0 aliphatic heterocycles. The first-order valence-electron chi connectivity index (χ1n) is 18.6. The molecule has 0 saturated carbocycles. The number of primary amides is 1. The number of hydrogen-bond donors (Lipinski definition) is 6. The number of amides is 4. The molecule has 0 bridgehead atoms. The Balaban J connectivity index is 3.97. The van der Waals surface area contributed by atoms with Gasteiger partial charge in [-0.1, -0.05) is 83.3 Å². The molecule has 0 aromatic heterocycles. The Kier molecular flexibility index (Phi) is 30.7. The van der Waals surface area contributed by atoms with Crippen molar-refractivity contribution < 1.29 is 19.2 Å². The van der Waals surface area contributed by atoms with Crippen LogP contribution in [-0.4, -0.2) is 55.3 Å². The van der Waals surface area contributed by atoms with Crippen LogP contribution in [0.1, 0.15) is 161 Å². The van der Waals surface area contributed by atoms with Gasteiger partial charge in [-0.3, -0.25) is 19.2 Å². The molecule has 10 nitrogen and oxygen atoms in total. The highest BCUT2D eigenvalue weighted by Gasteiger charge is 2.20. The molecule has 0 aliphatic carbocycles. The van der Waals surface area contributed by atoms with Crippen LogP contribution in [0.15, 0.2) is 12.2 Å². The lowest BCUT2D eigenvalue weighted by molar-refractivity contribution is -0.129. The molecule has 0 spiro atoms. The predicted octanol–water partition coefficient (Wildman–Crippen LogP) is 5.41. The first kappa shape index (κ1) is 43.5. The van der Waals surface area contributed by atoms with Crippen molar-refractivity contribution in [2.75, 3.05) is 19.6 Å². The maximum atomic E-state index is 12.8. The van der Waals surface area contributed by atoms with Crippen molar-refractivity contribution in [1.29, 1.82) is 0 Å². The van der Waals surface area contributed by atoms with E-state index in [0.717, 1.165) is 116 Å². The third-order valence-corrected chi connectivity index (χ3v) is 8.28. The van der Waals surface area contributed by atoms with Crippen molar-refractivity contribution in [1.82, 2.24) is 16.0 Å². The monoisotopic (exact) mass is 651 g/mol. The average Bonchev–Trinajstić information content (AvgIpc) is 3.03. The van der Waals surface area contributed by atoms with Gasteiger partial charge in [-0.05, 0) is 90.1 Å². The van der Waals surface area contributed by atoms with Crippen LogP contribution < -0.4 is 33.2 Å². The van der Waals surface area contributed by atoms with Crippen LogP contribution in [0.25, 0.3) is 0 Å². The molecule has 268 valence electrons. The van der Waals surface area contributed by atoms with E-state index in [2.05, 4.69) is 35.0 Å². The Morgan fingerprint density at radius 1 is 0.565 bits per heavy atom. The van der Waals surface area contributed by atoms with Gasteiger partial charge >= 0.3 is 0 Å². The maximum absolute atomic E-state index is 12.8. The molecule has 0 aromatic carbocycles. The summed E-state index contributed by atoms with van der Waals surface area (Å²) in [5.41, 5.74) is 16.5. The molecule has 0 aromatic rings. The minimum absolute atomic E-state index is 0.0344. The lowest BCUT2D eigenvalue weighted by atomic mass is 10.1. The van der Waals surface area contributed by atoms with Gasteiger partial charge in [-0.25, -0.2) is 0 Å². The maximum Gasteiger partial charge on any atom is 0.242 e. The van der Waals surface area contributed by atoms with Crippen molar-refractivity contribution in [2.45, 2.75) is 173 Å². The zero-order valence-electron chi connectivity index (χ0n) is 29.3. The smallest absolute Gasteiger partial charge is 0.242 e. The first-order valence-corrected chi connectivity index (χ1v) is 18.6. The molecule has 4 amide bonds. The summed E-state index contributed by atoms with van der Waals surface area (Å²) in [6, 6.07) is -1.09. The highest BCUT2D eigenvalue weighted by atomic mass is 16.2. The normalized spacial score (nSPS) is 12.6. The number of nitrogens with two attached hydrogens (primary N) is 3. The van der Waals surface area contributed by atoms with E-state index in [1.807, 2.05) is 0 Å². The zero-order chi connectivity index (χ0) is 34.1. The van der Waals surface area contributed by atoms with Crippen LogP contribution >= 0.6 is 0 Å². The van der Waals surface area contributed by atoms with Crippen molar-refractivity contribution >= 4 is 23.6 Å². The highest BCUT2D eigenvalue weighted by molar-refractivity contribution is 5.87. The Bertz CT molecular complexity index is 807. The van der Waals surface area contributed by atoms with Crippen LogP contribution in [-0.2, 0) is 19.2 Å². The van der Waals surface area contributed by atoms with E-state index < -0.39 is 18.0 Å². The van der Waals surface area contributed by atoms with E-state index in [1.54, 1.807) is 0 Å². The standard InChI is InChI=1S/C36H70N6O4/c1-2-3-4-5-6-8-11-15-18-27-34(44)42-32(25-20-22-29-38)36(46)40-30-23-16-13-10-7-9-12-14-17-26-33(43)41-31(35(39)45)24-19-21-28-37/h3-4,31-32H,2,5-30,37-38H2,1H3,(H2,39,45)(H,40,46)(H,41,43)(H,42,44)/b4-3+. The molecule has 0 radical (unpaired) electrons. The van der Waals surface area contributed by atoms with E-state index in [-0.39, 0.29) is 17.7 Å². The average molecular weight is 651 g/mol. The minimum Gasteiger partial charge on any atom is -0.368 e. The molecule has 0 saturated heterocycles. The lowest BCUT2D eigenvalue weighted by Gasteiger charge is -2.18. The summed E-state index contributed by atoms with van der Waals surface area (Å²) in [5, 5.41) is 8.76. The van der Waals surface area contributed by atoms with Crippen molar-refractivity contribution in [3.63, 3.8) is 0 Å². The second-order valence-corrected chi connectivity index (χ2v) is 12.6. The van der Waals surface area contributed by atoms with E-state index >= 15 is 0 Å². The van der Waals surface area contributed by atoms with Gasteiger partial charge in [0.1, 0.15) is 12.1 Å². The van der Waals surface area contributed by atoms with Gasteiger partial charge in [0.15, 0.2) is 0 Å². The molecule has 0 heterocycles. The molecule has 0 rings (SSSR count). The van der Waals surface area contributed by atoms with Gasteiger partial charge in [-0.2, -0.15) is 0 Å². The number of rotatable bonds is 33. The lowest BCUT2D eigenvalue weighted by Crippen LogP contribution is -2.47. The molecule has 10 heteroatoms. The SMILES string of the molecule is CC/C=C/CCCCCCCC(=O)NC(CCCCN)C(=O)NCCCCCCCCCCCC(=O)NC(CCCCN)C(N)=O. The fourth-order valence-electron chi connectivity index (χ4n) is 5.42. The van der Waals surface area contributed by atoms with Gasteiger partial charge in [0, 0.05) is 19.4 Å². The molecule has 2 atom stereocenters. The number of allylic oxidation sites excluding steroid dienone is 2. The summed E-state index contributed by atoms with van der Waals surface area (Å²) in [6.07, 6.45) is 26.9. The van der Waals surface area contributed by atoms with Crippen molar-refractivity contribution in [3.05, 3.63) is 12.2 Å².